The maximum atomic E-state index is 12.5. The molecule has 132 valence electrons. The highest BCUT2D eigenvalue weighted by molar-refractivity contribution is 7.18. The van der Waals surface area contributed by atoms with Crippen molar-refractivity contribution in [3.05, 3.63) is 62.6 Å². The number of nitrogens with zero attached hydrogens (tertiary/aromatic N) is 2. The summed E-state index contributed by atoms with van der Waals surface area (Å²) in [6, 6.07) is 8.67. The molecular formula is C17H13N3O5S. The average molecular weight is 371 g/mol. The lowest BCUT2D eigenvalue weighted by molar-refractivity contribution is -0.384. The molecule has 0 saturated heterocycles. The van der Waals surface area contributed by atoms with Crippen LogP contribution in [0.15, 0.2) is 36.4 Å². The van der Waals surface area contributed by atoms with Gasteiger partial charge in [-0.2, -0.15) is 0 Å². The quantitative estimate of drug-likeness (QED) is 0.426. The van der Waals surface area contributed by atoms with Crippen molar-refractivity contribution in [3.63, 3.8) is 0 Å². The van der Waals surface area contributed by atoms with Crippen LogP contribution < -0.4 is 5.32 Å². The van der Waals surface area contributed by atoms with Gasteiger partial charge in [-0.05, 0) is 31.2 Å². The molecule has 0 unspecified atom stereocenters. The summed E-state index contributed by atoms with van der Waals surface area (Å²) in [6.07, 6.45) is 0. The molecule has 0 spiro atoms. The fourth-order valence-electron chi connectivity index (χ4n) is 2.40. The number of esters is 1. The maximum absolute atomic E-state index is 12.5. The van der Waals surface area contributed by atoms with Gasteiger partial charge in [0.1, 0.15) is 0 Å². The monoisotopic (exact) mass is 371 g/mol. The van der Waals surface area contributed by atoms with E-state index in [2.05, 4.69) is 15.0 Å². The fourth-order valence-corrected chi connectivity index (χ4v) is 3.27. The Morgan fingerprint density at radius 2 is 1.92 bits per heavy atom. The summed E-state index contributed by atoms with van der Waals surface area (Å²) in [6.45, 7) is 1.89. The second-order valence-electron chi connectivity index (χ2n) is 5.39. The Morgan fingerprint density at radius 3 is 2.62 bits per heavy atom. The van der Waals surface area contributed by atoms with Crippen molar-refractivity contribution in [1.29, 1.82) is 0 Å². The summed E-state index contributed by atoms with van der Waals surface area (Å²) in [5.74, 6) is -1.33. The van der Waals surface area contributed by atoms with Gasteiger partial charge in [0.2, 0.25) is 0 Å². The summed E-state index contributed by atoms with van der Waals surface area (Å²) in [7, 11) is 1.16. The predicted octanol–water partition coefficient (Wildman–Crippen LogP) is 3.55. The third-order valence-corrected chi connectivity index (χ3v) is 4.50. The van der Waals surface area contributed by atoms with Gasteiger partial charge in [-0.3, -0.25) is 14.9 Å². The largest absolute Gasteiger partial charge is 0.465 e. The van der Waals surface area contributed by atoms with Gasteiger partial charge in [0.15, 0.2) is 0 Å². The number of fused-ring (bicyclic) bond motifs is 1. The molecule has 0 saturated carbocycles. The van der Waals surface area contributed by atoms with Crippen molar-refractivity contribution in [3.8, 4) is 0 Å². The molecule has 0 radical (unpaired) electrons. The normalized spacial score (nSPS) is 10.5. The minimum absolute atomic E-state index is 0.0137. The Bertz CT molecular complexity index is 1040. The van der Waals surface area contributed by atoms with Crippen molar-refractivity contribution >= 4 is 44.8 Å². The van der Waals surface area contributed by atoms with E-state index in [4.69, 9.17) is 0 Å². The van der Waals surface area contributed by atoms with Gasteiger partial charge in [0, 0.05) is 23.4 Å². The summed E-state index contributed by atoms with van der Waals surface area (Å²) in [5, 5.41) is 14.6. The van der Waals surface area contributed by atoms with Crippen LogP contribution in [-0.2, 0) is 4.74 Å². The van der Waals surface area contributed by atoms with Gasteiger partial charge in [-0.25, -0.2) is 9.78 Å². The van der Waals surface area contributed by atoms with Crippen molar-refractivity contribution < 1.29 is 19.2 Å². The Hall–Kier alpha value is -3.33. The molecule has 0 aliphatic heterocycles. The van der Waals surface area contributed by atoms with Crippen LogP contribution in [0.5, 0.6) is 0 Å². The zero-order valence-electron chi connectivity index (χ0n) is 13.8. The number of hydrogen-bond donors (Lipinski definition) is 1. The molecule has 2 aromatic carbocycles. The number of thiazole rings is 1. The molecule has 3 rings (SSSR count). The van der Waals surface area contributed by atoms with Crippen molar-refractivity contribution in [2.75, 3.05) is 12.4 Å². The highest BCUT2D eigenvalue weighted by Gasteiger charge is 2.18. The van der Waals surface area contributed by atoms with E-state index in [0.717, 1.165) is 34.5 Å². The highest BCUT2D eigenvalue weighted by atomic mass is 32.1. The van der Waals surface area contributed by atoms with E-state index >= 15 is 0 Å². The molecule has 3 aromatic rings. The highest BCUT2D eigenvalue weighted by Crippen LogP contribution is 2.25. The van der Waals surface area contributed by atoms with Gasteiger partial charge in [-0.1, -0.05) is 0 Å². The maximum Gasteiger partial charge on any atom is 0.338 e. The van der Waals surface area contributed by atoms with E-state index < -0.39 is 16.8 Å². The number of methoxy groups -OCH3 is 1. The van der Waals surface area contributed by atoms with E-state index in [1.54, 1.807) is 18.2 Å². The Balaban J connectivity index is 1.93. The minimum Gasteiger partial charge on any atom is -0.465 e. The van der Waals surface area contributed by atoms with Crippen LogP contribution in [0.4, 0.5) is 11.4 Å². The fraction of sp³-hybridized carbons (Fsp3) is 0.118. The number of anilines is 1. The van der Waals surface area contributed by atoms with Crippen LogP contribution >= 0.6 is 11.3 Å². The van der Waals surface area contributed by atoms with E-state index in [9.17, 15) is 19.7 Å². The molecule has 0 aliphatic carbocycles. The SMILES string of the molecule is COC(=O)c1cc(C(=O)Nc2ccc3nc(C)sc3c2)cc([N+](=O)[O-])c1. The Kier molecular flexibility index (Phi) is 4.63. The number of carbonyl (C=O) groups is 2. The smallest absolute Gasteiger partial charge is 0.338 e. The lowest BCUT2D eigenvalue weighted by Crippen LogP contribution is -2.14. The summed E-state index contributed by atoms with van der Waals surface area (Å²) in [4.78, 5) is 38.9. The van der Waals surface area contributed by atoms with Gasteiger partial charge < -0.3 is 10.1 Å². The standard InChI is InChI=1S/C17H13N3O5S/c1-9-18-14-4-3-12(8-15(14)26-9)19-16(21)10-5-11(17(22)25-2)7-13(6-10)20(23)24/h3-8H,1-2H3,(H,19,21). The number of nitro groups is 1. The summed E-state index contributed by atoms with van der Waals surface area (Å²) in [5.41, 5.74) is 0.901. The number of aryl methyl sites for hydroxylation is 1. The van der Waals surface area contributed by atoms with Crippen LogP contribution in [0.3, 0.4) is 0 Å². The number of nitrogens with one attached hydrogen (secondary N) is 1. The number of aromatic nitrogens is 1. The number of benzene rings is 2. The van der Waals surface area contributed by atoms with E-state index in [-0.39, 0.29) is 16.8 Å². The molecule has 0 fully saturated rings. The third-order valence-electron chi connectivity index (χ3n) is 3.57. The summed E-state index contributed by atoms with van der Waals surface area (Å²) < 4.78 is 5.49. The van der Waals surface area contributed by atoms with Gasteiger partial charge in [0.25, 0.3) is 11.6 Å². The zero-order chi connectivity index (χ0) is 18.8. The molecule has 26 heavy (non-hydrogen) atoms. The molecule has 1 aromatic heterocycles. The van der Waals surface area contributed by atoms with Crippen LogP contribution in [0.25, 0.3) is 10.2 Å². The van der Waals surface area contributed by atoms with E-state index in [1.165, 1.54) is 17.4 Å². The second-order valence-corrected chi connectivity index (χ2v) is 6.62. The molecule has 0 aliphatic rings. The van der Waals surface area contributed by atoms with Gasteiger partial charge >= 0.3 is 5.97 Å². The molecule has 1 heterocycles. The van der Waals surface area contributed by atoms with Crippen LogP contribution in [0.2, 0.25) is 0 Å². The summed E-state index contributed by atoms with van der Waals surface area (Å²) >= 11 is 1.49. The minimum atomic E-state index is -0.760. The third kappa shape index (κ3) is 3.52. The van der Waals surface area contributed by atoms with Crippen molar-refractivity contribution in [2.45, 2.75) is 6.92 Å². The van der Waals surface area contributed by atoms with Gasteiger partial charge in [-0.15, -0.1) is 11.3 Å². The topological polar surface area (TPSA) is 111 Å². The lowest BCUT2D eigenvalue weighted by Gasteiger charge is -2.07. The number of amides is 1. The van der Waals surface area contributed by atoms with E-state index in [0.29, 0.717) is 5.69 Å². The number of non-ortho nitro benzene ring substituents is 1. The molecule has 8 nitrogen and oxygen atoms in total. The zero-order valence-corrected chi connectivity index (χ0v) is 14.6. The number of nitro benzene ring substituents is 1. The first-order chi connectivity index (χ1) is 12.4. The van der Waals surface area contributed by atoms with E-state index in [1.807, 2.05) is 6.92 Å². The molecule has 1 N–H and O–H groups in total. The number of carbonyl (C=O) groups excluding carboxylic acids is 2. The van der Waals surface area contributed by atoms with Gasteiger partial charge in [0.05, 0.1) is 32.8 Å². The van der Waals surface area contributed by atoms with Crippen molar-refractivity contribution in [2.24, 2.45) is 0 Å². The first kappa shape index (κ1) is 17.5. The molecule has 9 heteroatoms. The van der Waals surface area contributed by atoms with Crippen LogP contribution in [0.1, 0.15) is 25.7 Å². The van der Waals surface area contributed by atoms with Crippen LogP contribution in [-0.4, -0.2) is 28.9 Å². The second kappa shape index (κ2) is 6.89. The Labute approximate surface area is 151 Å². The predicted molar refractivity (Wildman–Crippen MR) is 96.7 cm³/mol. The lowest BCUT2D eigenvalue weighted by atomic mass is 10.1. The van der Waals surface area contributed by atoms with Crippen molar-refractivity contribution in [1.82, 2.24) is 4.98 Å². The molecule has 0 atom stereocenters. The average Bonchev–Trinajstić information content (AvgIpc) is 2.99. The number of rotatable bonds is 4. The molecule has 0 bridgehead atoms. The first-order valence-corrected chi connectivity index (χ1v) is 8.25. The molecule has 1 amide bonds. The number of hydrogen-bond acceptors (Lipinski definition) is 7. The Morgan fingerprint density at radius 1 is 1.19 bits per heavy atom. The number of ether oxygens (including phenoxy) is 1. The molecular weight excluding hydrogens is 358 g/mol. The first-order valence-electron chi connectivity index (χ1n) is 7.43. The van der Waals surface area contributed by atoms with Crippen LogP contribution in [0, 0.1) is 17.0 Å².